The van der Waals surface area contributed by atoms with E-state index in [0.29, 0.717) is 5.56 Å². The molecule has 0 spiro atoms. The van der Waals surface area contributed by atoms with Crippen molar-refractivity contribution in [1.29, 1.82) is 0 Å². The average Bonchev–Trinajstić information content (AvgIpc) is 3.16. The Kier molecular flexibility index (Phi) is 3.97. The number of para-hydroxylation sites is 1. The van der Waals surface area contributed by atoms with E-state index in [1.807, 2.05) is 50.4 Å². The van der Waals surface area contributed by atoms with Crippen LogP contribution in [0.25, 0.3) is 5.69 Å². The van der Waals surface area contributed by atoms with Gasteiger partial charge in [-0.2, -0.15) is 10.2 Å². The highest BCUT2D eigenvalue weighted by atomic mass is 16.5. The number of benzene rings is 1. The quantitative estimate of drug-likeness (QED) is 0.695. The lowest BCUT2D eigenvalue weighted by molar-refractivity contribution is 0.0337. The minimum atomic E-state index is -0.389. The van der Waals surface area contributed by atoms with E-state index in [9.17, 15) is 4.79 Å². The summed E-state index contributed by atoms with van der Waals surface area (Å²) >= 11 is 0. The van der Waals surface area contributed by atoms with Crippen LogP contribution in [0.3, 0.4) is 0 Å². The van der Waals surface area contributed by atoms with Gasteiger partial charge in [0.05, 0.1) is 18.1 Å². The first-order valence-corrected chi connectivity index (χ1v) is 7.36. The molecule has 2 heterocycles. The minimum Gasteiger partial charge on any atom is -0.454 e. The molecule has 0 bridgehead atoms. The molecule has 23 heavy (non-hydrogen) atoms. The number of hydrogen-bond donors (Lipinski definition) is 0. The van der Waals surface area contributed by atoms with Crippen LogP contribution in [0.15, 0.2) is 48.9 Å². The lowest BCUT2D eigenvalue weighted by atomic mass is 10.2. The zero-order valence-corrected chi connectivity index (χ0v) is 13.3. The van der Waals surface area contributed by atoms with Crippen molar-refractivity contribution in [3.8, 4) is 5.69 Å². The molecule has 0 aliphatic carbocycles. The fourth-order valence-electron chi connectivity index (χ4n) is 2.26. The van der Waals surface area contributed by atoms with Crippen LogP contribution in [0.2, 0.25) is 0 Å². The fourth-order valence-corrected chi connectivity index (χ4v) is 2.26. The molecule has 0 amide bonds. The van der Waals surface area contributed by atoms with Gasteiger partial charge in [0, 0.05) is 24.5 Å². The summed E-state index contributed by atoms with van der Waals surface area (Å²) in [4.78, 5) is 12.2. The largest absolute Gasteiger partial charge is 0.454 e. The van der Waals surface area contributed by atoms with Gasteiger partial charge in [-0.25, -0.2) is 9.48 Å². The normalized spacial score (nSPS) is 12.1. The third-order valence-electron chi connectivity index (χ3n) is 3.83. The Morgan fingerprint density at radius 3 is 2.57 bits per heavy atom. The molecule has 3 rings (SSSR count). The van der Waals surface area contributed by atoms with Crippen molar-refractivity contribution in [2.75, 3.05) is 0 Å². The van der Waals surface area contributed by atoms with Crippen molar-refractivity contribution in [3.05, 3.63) is 65.7 Å². The van der Waals surface area contributed by atoms with Crippen LogP contribution < -0.4 is 0 Å². The SMILES string of the molecule is Cc1c(C(=O)O[C@H](C)c2cnn(-c3ccccc3)c2)cnn1C. The summed E-state index contributed by atoms with van der Waals surface area (Å²) in [5.74, 6) is -0.379. The summed E-state index contributed by atoms with van der Waals surface area (Å²) in [5, 5.41) is 8.38. The van der Waals surface area contributed by atoms with Crippen molar-refractivity contribution in [2.45, 2.75) is 20.0 Å². The molecule has 6 heteroatoms. The lowest BCUT2D eigenvalue weighted by Crippen LogP contribution is -2.10. The second-order valence-electron chi connectivity index (χ2n) is 5.37. The molecule has 1 atom stereocenters. The summed E-state index contributed by atoms with van der Waals surface area (Å²) < 4.78 is 8.93. The Morgan fingerprint density at radius 1 is 1.17 bits per heavy atom. The first-order chi connectivity index (χ1) is 11.1. The predicted octanol–water partition coefficient (Wildman–Crippen LogP) is 2.83. The van der Waals surface area contributed by atoms with E-state index >= 15 is 0 Å². The molecule has 0 aliphatic rings. The van der Waals surface area contributed by atoms with Crippen LogP contribution in [0.4, 0.5) is 0 Å². The number of aryl methyl sites for hydroxylation is 1. The second kappa shape index (κ2) is 6.08. The number of hydrogen-bond acceptors (Lipinski definition) is 4. The molecular weight excluding hydrogens is 292 g/mol. The van der Waals surface area contributed by atoms with E-state index < -0.39 is 0 Å². The van der Waals surface area contributed by atoms with Gasteiger partial charge in [0.2, 0.25) is 0 Å². The van der Waals surface area contributed by atoms with Crippen LogP contribution in [0, 0.1) is 6.92 Å². The summed E-state index contributed by atoms with van der Waals surface area (Å²) in [6.45, 7) is 3.66. The maximum atomic E-state index is 12.2. The van der Waals surface area contributed by atoms with Crippen LogP contribution in [-0.2, 0) is 11.8 Å². The van der Waals surface area contributed by atoms with Crippen molar-refractivity contribution in [3.63, 3.8) is 0 Å². The van der Waals surface area contributed by atoms with Crippen molar-refractivity contribution in [2.24, 2.45) is 7.05 Å². The van der Waals surface area contributed by atoms with Crippen LogP contribution >= 0.6 is 0 Å². The van der Waals surface area contributed by atoms with E-state index in [1.54, 1.807) is 22.6 Å². The average molecular weight is 310 g/mol. The van der Waals surface area contributed by atoms with Gasteiger partial charge in [0.25, 0.3) is 0 Å². The smallest absolute Gasteiger partial charge is 0.342 e. The number of aromatic nitrogens is 4. The van der Waals surface area contributed by atoms with Gasteiger partial charge < -0.3 is 4.74 Å². The molecule has 0 fully saturated rings. The highest BCUT2D eigenvalue weighted by Crippen LogP contribution is 2.20. The fraction of sp³-hybridized carbons (Fsp3) is 0.235. The number of nitrogens with zero attached hydrogens (tertiary/aromatic N) is 4. The van der Waals surface area contributed by atoms with Crippen LogP contribution in [-0.4, -0.2) is 25.5 Å². The Bertz CT molecular complexity index is 820. The number of carbonyl (C=O) groups excluding carboxylic acids is 1. The monoisotopic (exact) mass is 310 g/mol. The zero-order chi connectivity index (χ0) is 16.4. The highest BCUT2D eigenvalue weighted by Gasteiger charge is 2.19. The summed E-state index contributed by atoms with van der Waals surface area (Å²) in [6, 6.07) is 9.78. The van der Waals surface area contributed by atoms with Gasteiger partial charge in [-0.05, 0) is 26.0 Å². The molecule has 0 radical (unpaired) electrons. The molecule has 0 saturated heterocycles. The number of rotatable bonds is 4. The molecule has 0 aliphatic heterocycles. The standard InChI is InChI=1S/C17H18N4O2/c1-12-16(10-18-20(12)3)17(22)23-13(2)14-9-19-21(11-14)15-7-5-4-6-8-15/h4-11,13H,1-3H3/t13-/m1/s1. The van der Waals surface area contributed by atoms with Crippen LogP contribution in [0.5, 0.6) is 0 Å². The lowest BCUT2D eigenvalue weighted by Gasteiger charge is -2.11. The molecule has 6 nitrogen and oxygen atoms in total. The van der Waals surface area contributed by atoms with E-state index in [-0.39, 0.29) is 12.1 Å². The summed E-state index contributed by atoms with van der Waals surface area (Å²) in [7, 11) is 1.79. The van der Waals surface area contributed by atoms with E-state index in [1.165, 1.54) is 6.20 Å². The van der Waals surface area contributed by atoms with Crippen molar-refractivity contribution >= 4 is 5.97 Å². The summed E-state index contributed by atoms with van der Waals surface area (Å²) in [6.07, 6.45) is 4.71. The van der Waals surface area contributed by atoms with Gasteiger partial charge in [-0.1, -0.05) is 18.2 Å². The molecule has 1 aromatic carbocycles. The maximum Gasteiger partial charge on any atom is 0.342 e. The van der Waals surface area contributed by atoms with Gasteiger partial charge >= 0.3 is 5.97 Å². The Balaban J connectivity index is 1.74. The van der Waals surface area contributed by atoms with Crippen molar-refractivity contribution < 1.29 is 9.53 Å². The van der Waals surface area contributed by atoms with Crippen LogP contribution in [0.1, 0.15) is 34.6 Å². The van der Waals surface area contributed by atoms with Gasteiger partial charge in [0.15, 0.2) is 0 Å². The Hall–Kier alpha value is -2.89. The number of ether oxygens (including phenoxy) is 1. The van der Waals surface area contributed by atoms with Gasteiger partial charge in [-0.3, -0.25) is 4.68 Å². The molecular formula is C17H18N4O2. The number of carbonyl (C=O) groups is 1. The summed E-state index contributed by atoms with van der Waals surface area (Å²) in [5.41, 5.74) is 3.06. The maximum absolute atomic E-state index is 12.2. The van der Waals surface area contributed by atoms with E-state index in [4.69, 9.17) is 4.74 Å². The number of esters is 1. The van der Waals surface area contributed by atoms with E-state index in [2.05, 4.69) is 10.2 Å². The predicted molar refractivity (Wildman–Crippen MR) is 85.3 cm³/mol. The third kappa shape index (κ3) is 3.01. The molecule has 2 aromatic heterocycles. The first kappa shape index (κ1) is 15.0. The molecule has 3 aromatic rings. The highest BCUT2D eigenvalue weighted by molar-refractivity contribution is 5.90. The first-order valence-electron chi connectivity index (χ1n) is 7.36. The Morgan fingerprint density at radius 2 is 1.91 bits per heavy atom. The van der Waals surface area contributed by atoms with Gasteiger partial charge in [-0.15, -0.1) is 0 Å². The molecule has 0 N–H and O–H groups in total. The second-order valence-corrected chi connectivity index (χ2v) is 5.37. The minimum absolute atomic E-state index is 0.379. The van der Waals surface area contributed by atoms with E-state index in [0.717, 1.165) is 16.9 Å². The molecule has 0 saturated carbocycles. The Labute approximate surface area is 134 Å². The van der Waals surface area contributed by atoms with Gasteiger partial charge in [0.1, 0.15) is 11.7 Å². The third-order valence-corrected chi connectivity index (χ3v) is 3.83. The molecule has 118 valence electrons. The molecule has 0 unspecified atom stereocenters. The zero-order valence-electron chi connectivity index (χ0n) is 13.3. The van der Waals surface area contributed by atoms with Crippen molar-refractivity contribution in [1.82, 2.24) is 19.6 Å². The topological polar surface area (TPSA) is 61.9 Å².